The van der Waals surface area contributed by atoms with Crippen molar-refractivity contribution >= 4 is 5.91 Å². The van der Waals surface area contributed by atoms with Gasteiger partial charge in [-0.3, -0.25) is 4.79 Å². The third-order valence-corrected chi connectivity index (χ3v) is 3.21. The Hall–Kier alpha value is -0.650. The van der Waals surface area contributed by atoms with Gasteiger partial charge in [-0.1, -0.05) is 0 Å². The average Bonchev–Trinajstić information content (AvgIpc) is 2.37. The van der Waals surface area contributed by atoms with Crippen LogP contribution in [-0.2, 0) is 14.3 Å². The molecule has 1 N–H and O–H groups in total. The van der Waals surface area contributed by atoms with Crippen LogP contribution in [-0.4, -0.2) is 62.9 Å². The van der Waals surface area contributed by atoms with Crippen molar-refractivity contribution in [3.8, 4) is 0 Å². The molecule has 0 saturated carbocycles. The number of methoxy groups -OCH3 is 1. The summed E-state index contributed by atoms with van der Waals surface area (Å²) in [5.74, 6) is 0.0957. The first-order chi connectivity index (χ1) is 8.67. The predicted octanol–water partition coefficient (Wildman–Crippen LogP) is 0.638. The molecule has 0 spiro atoms. The maximum atomic E-state index is 11.6. The molecule has 1 amide bonds. The molecule has 1 saturated heterocycles. The first-order valence-electron chi connectivity index (χ1n) is 6.77. The lowest BCUT2D eigenvalue weighted by Crippen LogP contribution is -2.48. The second-order valence-electron chi connectivity index (χ2n) is 4.82. The SMILES string of the molecule is CCOCC(C)NC1CCN(C(=O)COC)CC1. The van der Waals surface area contributed by atoms with Crippen molar-refractivity contribution in [2.75, 3.05) is 40.0 Å². The standard InChI is InChI=1S/C13H26N2O3/c1-4-18-9-11(2)14-12-5-7-15(8-6-12)13(16)10-17-3/h11-12,14H,4-10H2,1-3H3. The number of likely N-dealkylation sites (tertiary alicyclic amines) is 1. The lowest BCUT2D eigenvalue weighted by atomic mass is 10.0. The summed E-state index contributed by atoms with van der Waals surface area (Å²) in [6.07, 6.45) is 2.01. The molecule has 18 heavy (non-hydrogen) atoms. The van der Waals surface area contributed by atoms with Crippen LogP contribution in [0.15, 0.2) is 0 Å². The van der Waals surface area contributed by atoms with E-state index in [4.69, 9.17) is 9.47 Å². The Kier molecular flexibility index (Phi) is 7.23. The number of carbonyl (C=O) groups is 1. The summed E-state index contributed by atoms with van der Waals surface area (Å²) in [7, 11) is 1.56. The van der Waals surface area contributed by atoms with Gasteiger partial charge in [-0.15, -0.1) is 0 Å². The Morgan fingerprint density at radius 2 is 2.11 bits per heavy atom. The van der Waals surface area contributed by atoms with E-state index in [-0.39, 0.29) is 12.5 Å². The summed E-state index contributed by atoms with van der Waals surface area (Å²) in [5, 5.41) is 3.55. The van der Waals surface area contributed by atoms with Crippen molar-refractivity contribution < 1.29 is 14.3 Å². The van der Waals surface area contributed by atoms with Crippen LogP contribution in [0.4, 0.5) is 0 Å². The van der Waals surface area contributed by atoms with Crippen LogP contribution < -0.4 is 5.32 Å². The van der Waals surface area contributed by atoms with Crippen molar-refractivity contribution in [2.24, 2.45) is 0 Å². The minimum absolute atomic E-state index is 0.0957. The number of nitrogens with one attached hydrogen (secondary N) is 1. The Labute approximate surface area is 110 Å². The molecule has 0 radical (unpaired) electrons. The van der Waals surface area contributed by atoms with E-state index in [2.05, 4.69) is 12.2 Å². The van der Waals surface area contributed by atoms with Gasteiger partial charge in [0.1, 0.15) is 6.61 Å². The van der Waals surface area contributed by atoms with Crippen molar-refractivity contribution in [1.29, 1.82) is 0 Å². The summed E-state index contributed by atoms with van der Waals surface area (Å²) in [6.45, 7) is 7.49. The minimum atomic E-state index is 0.0957. The fourth-order valence-electron chi connectivity index (χ4n) is 2.26. The van der Waals surface area contributed by atoms with E-state index in [1.807, 2.05) is 11.8 Å². The van der Waals surface area contributed by atoms with E-state index in [1.54, 1.807) is 7.11 Å². The highest BCUT2D eigenvalue weighted by atomic mass is 16.5. The largest absolute Gasteiger partial charge is 0.380 e. The molecule has 1 rings (SSSR count). The average molecular weight is 258 g/mol. The van der Waals surface area contributed by atoms with Crippen LogP contribution in [0.2, 0.25) is 0 Å². The molecule has 1 aliphatic heterocycles. The van der Waals surface area contributed by atoms with Crippen LogP contribution in [0.1, 0.15) is 26.7 Å². The molecule has 1 fully saturated rings. The molecular formula is C13H26N2O3. The van der Waals surface area contributed by atoms with Crippen LogP contribution >= 0.6 is 0 Å². The van der Waals surface area contributed by atoms with Crippen molar-refractivity contribution in [3.05, 3.63) is 0 Å². The third kappa shape index (κ3) is 5.33. The molecule has 0 aliphatic carbocycles. The van der Waals surface area contributed by atoms with Crippen LogP contribution in [0.3, 0.4) is 0 Å². The summed E-state index contributed by atoms with van der Waals surface area (Å²) in [6, 6.07) is 0.864. The fourth-order valence-corrected chi connectivity index (χ4v) is 2.26. The Balaban J connectivity index is 2.20. The quantitative estimate of drug-likeness (QED) is 0.728. The zero-order valence-electron chi connectivity index (χ0n) is 11.8. The number of hydrogen-bond acceptors (Lipinski definition) is 4. The number of carbonyl (C=O) groups excluding carboxylic acids is 1. The Morgan fingerprint density at radius 1 is 1.44 bits per heavy atom. The first-order valence-corrected chi connectivity index (χ1v) is 6.77. The van der Waals surface area contributed by atoms with Crippen molar-refractivity contribution in [1.82, 2.24) is 10.2 Å². The third-order valence-electron chi connectivity index (χ3n) is 3.21. The van der Waals surface area contributed by atoms with E-state index in [0.717, 1.165) is 39.1 Å². The number of rotatable bonds is 7. The molecule has 0 aromatic carbocycles. The van der Waals surface area contributed by atoms with Gasteiger partial charge in [0.15, 0.2) is 0 Å². The minimum Gasteiger partial charge on any atom is -0.380 e. The van der Waals surface area contributed by atoms with E-state index in [1.165, 1.54) is 0 Å². The van der Waals surface area contributed by atoms with Gasteiger partial charge < -0.3 is 19.7 Å². The number of nitrogens with zero attached hydrogens (tertiary/aromatic N) is 1. The molecule has 5 nitrogen and oxygen atoms in total. The molecule has 106 valence electrons. The normalized spacial score (nSPS) is 18.9. The van der Waals surface area contributed by atoms with Crippen molar-refractivity contribution in [2.45, 2.75) is 38.8 Å². The maximum absolute atomic E-state index is 11.6. The molecule has 5 heteroatoms. The molecule has 0 aromatic heterocycles. The van der Waals surface area contributed by atoms with Gasteiger partial charge in [0.05, 0.1) is 6.61 Å². The van der Waals surface area contributed by atoms with Gasteiger partial charge >= 0.3 is 0 Å². The van der Waals surface area contributed by atoms with Gasteiger partial charge in [0, 0.05) is 38.9 Å². The zero-order valence-corrected chi connectivity index (χ0v) is 11.8. The molecule has 0 bridgehead atoms. The number of piperidine rings is 1. The second-order valence-corrected chi connectivity index (χ2v) is 4.82. The summed E-state index contributed by atoms with van der Waals surface area (Å²) in [4.78, 5) is 13.5. The molecule has 1 aliphatic rings. The zero-order chi connectivity index (χ0) is 13.4. The van der Waals surface area contributed by atoms with Gasteiger partial charge in [0.25, 0.3) is 0 Å². The topological polar surface area (TPSA) is 50.8 Å². The van der Waals surface area contributed by atoms with Crippen LogP contribution in [0, 0.1) is 0 Å². The smallest absolute Gasteiger partial charge is 0.248 e. The van der Waals surface area contributed by atoms with Crippen molar-refractivity contribution in [3.63, 3.8) is 0 Å². The van der Waals surface area contributed by atoms with E-state index in [9.17, 15) is 4.79 Å². The lowest BCUT2D eigenvalue weighted by Gasteiger charge is -2.33. The summed E-state index contributed by atoms with van der Waals surface area (Å²) < 4.78 is 10.3. The predicted molar refractivity (Wildman–Crippen MR) is 70.6 cm³/mol. The monoisotopic (exact) mass is 258 g/mol. The highest BCUT2D eigenvalue weighted by Crippen LogP contribution is 2.11. The van der Waals surface area contributed by atoms with Gasteiger partial charge in [0.2, 0.25) is 5.91 Å². The molecular weight excluding hydrogens is 232 g/mol. The number of amides is 1. The Morgan fingerprint density at radius 3 is 2.67 bits per heavy atom. The second kappa shape index (κ2) is 8.45. The van der Waals surface area contributed by atoms with Gasteiger partial charge in [-0.25, -0.2) is 0 Å². The lowest BCUT2D eigenvalue weighted by molar-refractivity contribution is -0.136. The fraction of sp³-hybridized carbons (Fsp3) is 0.923. The molecule has 1 heterocycles. The highest BCUT2D eigenvalue weighted by Gasteiger charge is 2.23. The highest BCUT2D eigenvalue weighted by molar-refractivity contribution is 5.77. The molecule has 0 aromatic rings. The first kappa shape index (κ1) is 15.4. The van der Waals surface area contributed by atoms with Crippen LogP contribution in [0.5, 0.6) is 0 Å². The summed E-state index contributed by atoms with van der Waals surface area (Å²) in [5.41, 5.74) is 0. The Bertz CT molecular complexity index is 240. The van der Waals surface area contributed by atoms with Gasteiger partial charge in [-0.05, 0) is 26.7 Å². The van der Waals surface area contributed by atoms with Gasteiger partial charge in [-0.2, -0.15) is 0 Å². The molecule has 1 unspecified atom stereocenters. The summed E-state index contributed by atoms with van der Waals surface area (Å²) >= 11 is 0. The van der Waals surface area contributed by atoms with E-state index >= 15 is 0 Å². The number of ether oxygens (including phenoxy) is 2. The van der Waals surface area contributed by atoms with Crippen LogP contribution in [0.25, 0.3) is 0 Å². The molecule has 1 atom stereocenters. The van der Waals surface area contributed by atoms with E-state index < -0.39 is 0 Å². The maximum Gasteiger partial charge on any atom is 0.248 e. The number of hydrogen-bond donors (Lipinski definition) is 1. The van der Waals surface area contributed by atoms with E-state index in [0.29, 0.717) is 12.1 Å².